The van der Waals surface area contributed by atoms with Crippen molar-refractivity contribution in [2.75, 3.05) is 5.32 Å². The van der Waals surface area contributed by atoms with Crippen LogP contribution < -0.4 is 5.32 Å². The minimum atomic E-state index is -0.205. The highest BCUT2D eigenvalue weighted by Gasteiger charge is 2.25. The standard InChI is InChI=1S/C24H34N2/c1-17(2)21-14-11-15-22(18(3)4)23(21)26-24(6,7)19(5)25-16-20-12-9-8-10-13-20/h8-15,17-18,26H,16H2,1-7H3. The normalized spacial score (nSPS) is 12.7. The number of anilines is 1. The van der Waals surface area contributed by atoms with Gasteiger partial charge in [-0.2, -0.15) is 0 Å². The summed E-state index contributed by atoms with van der Waals surface area (Å²) in [5.41, 5.74) is 6.18. The Bertz CT molecular complexity index is 714. The first-order valence-corrected chi connectivity index (χ1v) is 9.68. The van der Waals surface area contributed by atoms with Gasteiger partial charge in [0.25, 0.3) is 0 Å². The second-order valence-electron chi connectivity index (χ2n) is 8.26. The number of hydrogen-bond acceptors (Lipinski definition) is 2. The lowest BCUT2D eigenvalue weighted by atomic mass is 9.90. The molecule has 0 radical (unpaired) electrons. The molecule has 0 saturated heterocycles. The molecule has 0 aromatic heterocycles. The summed E-state index contributed by atoms with van der Waals surface area (Å²) in [7, 11) is 0. The molecular formula is C24H34N2. The molecule has 2 nitrogen and oxygen atoms in total. The molecule has 2 aromatic rings. The van der Waals surface area contributed by atoms with Gasteiger partial charge in [0.2, 0.25) is 0 Å². The largest absolute Gasteiger partial charge is 0.374 e. The highest BCUT2D eigenvalue weighted by atomic mass is 15.0. The van der Waals surface area contributed by atoms with Crippen molar-refractivity contribution >= 4 is 11.4 Å². The topological polar surface area (TPSA) is 24.4 Å². The van der Waals surface area contributed by atoms with Gasteiger partial charge in [0.1, 0.15) is 0 Å². The summed E-state index contributed by atoms with van der Waals surface area (Å²) < 4.78 is 0. The van der Waals surface area contributed by atoms with Gasteiger partial charge in [-0.25, -0.2) is 0 Å². The molecule has 1 N–H and O–H groups in total. The zero-order chi connectivity index (χ0) is 19.3. The van der Waals surface area contributed by atoms with E-state index in [1.54, 1.807) is 0 Å². The Morgan fingerprint density at radius 2 is 1.42 bits per heavy atom. The first-order valence-electron chi connectivity index (χ1n) is 9.68. The number of aliphatic imine (C=N–C) groups is 1. The van der Waals surface area contributed by atoms with E-state index in [-0.39, 0.29) is 5.54 Å². The van der Waals surface area contributed by atoms with E-state index in [0.29, 0.717) is 11.8 Å². The highest BCUT2D eigenvalue weighted by molar-refractivity contribution is 5.93. The van der Waals surface area contributed by atoms with Crippen LogP contribution in [0.1, 0.15) is 77.0 Å². The lowest BCUT2D eigenvalue weighted by molar-refractivity contribution is 0.732. The minimum absolute atomic E-state index is 0.205. The van der Waals surface area contributed by atoms with Crippen LogP contribution >= 0.6 is 0 Å². The van der Waals surface area contributed by atoms with Crippen LogP contribution in [0.15, 0.2) is 53.5 Å². The number of rotatable bonds is 7. The van der Waals surface area contributed by atoms with E-state index in [2.05, 4.69) is 96.2 Å². The molecule has 0 heterocycles. The monoisotopic (exact) mass is 350 g/mol. The van der Waals surface area contributed by atoms with Crippen molar-refractivity contribution < 1.29 is 0 Å². The van der Waals surface area contributed by atoms with Crippen LogP contribution in [-0.4, -0.2) is 11.3 Å². The smallest absolute Gasteiger partial charge is 0.0693 e. The van der Waals surface area contributed by atoms with Gasteiger partial charge in [-0.05, 0) is 49.3 Å². The molecule has 0 unspecified atom stereocenters. The number of nitrogens with one attached hydrogen (secondary N) is 1. The second kappa shape index (κ2) is 8.53. The summed E-state index contributed by atoms with van der Waals surface area (Å²) >= 11 is 0. The second-order valence-corrected chi connectivity index (χ2v) is 8.26. The van der Waals surface area contributed by atoms with Crippen LogP contribution in [0.3, 0.4) is 0 Å². The average molecular weight is 351 g/mol. The lowest BCUT2D eigenvalue weighted by Gasteiger charge is -2.32. The Kier molecular flexibility index (Phi) is 6.63. The first kappa shape index (κ1) is 20.2. The van der Waals surface area contributed by atoms with Crippen LogP contribution in [0.5, 0.6) is 0 Å². The molecule has 0 fully saturated rings. The molecule has 0 spiro atoms. The molecule has 140 valence electrons. The molecule has 0 aliphatic carbocycles. The van der Waals surface area contributed by atoms with E-state index in [4.69, 9.17) is 4.99 Å². The predicted molar refractivity (Wildman–Crippen MR) is 116 cm³/mol. The molecule has 2 heteroatoms. The van der Waals surface area contributed by atoms with E-state index >= 15 is 0 Å². The highest BCUT2D eigenvalue weighted by Crippen LogP contribution is 2.34. The number of hydrogen-bond donors (Lipinski definition) is 1. The third-order valence-corrected chi connectivity index (χ3v) is 5.06. The third kappa shape index (κ3) is 4.97. The SMILES string of the molecule is CC(=NCc1ccccc1)C(C)(C)Nc1c(C(C)C)cccc1C(C)C. The Hall–Kier alpha value is -2.09. The Labute approximate surface area is 159 Å². The van der Waals surface area contributed by atoms with E-state index in [1.807, 2.05) is 6.07 Å². The van der Waals surface area contributed by atoms with Crippen molar-refractivity contribution in [1.29, 1.82) is 0 Å². The summed E-state index contributed by atoms with van der Waals surface area (Å²) in [6.07, 6.45) is 0. The van der Waals surface area contributed by atoms with E-state index in [1.165, 1.54) is 22.4 Å². The summed E-state index contributed by atoms with van der Waals surface area (Å²) in [6, 6.07) is 17.1. The maximum atomic E-state index is 4.87. The average Bonchev–Trinajstić information content (AvgIpc) is 2.59. The zero-order valence-electron chi connectivity index (χ0n) is 17.4. The van der Waals surface area contributed by atoms with Gasteiger partial charge in [-0.15, -0.1) is 0 Å². The number of para-hydroxylation sites is 1. The van der Waals surface area contributed by atoms with Gasteiger partial charge < -0.3 is 5.32 Å². The van der Waals surface area contributed by atoms with Crippen molar-refractivity contribution in [3.63, 3.8) is 0 Å². The van der Waals surface area contributed by atoms with E-state index < -0.39 is 0 Å². The van der Waals surface area contributed by atoms with Gasteiger partial charge >= 0.3 is 0 Å². The Morgan fingerprint density at radius 3 is 1.92 bits per heavy atom. The summed E-state index contributed by atoms with van der Waals surface area (Å²) in [5.74, 6) is 0.960. The van der Waals surface area contributed by atoms with Gasteiger partial charge in [-0.3, -0.25) is 4.99 Å². The molecule has 0 saturated carbocycles. The molecule has 2 rings (SSSR count). The first-order chi connectivity index (χ1) is 12.2. The summed E-state index contributed by atoms with van der Waals surface area (Å²) in [5, 5.41) is 3.82. The summed E-state index contributed by atoms with van der Waals surface area (Å²) in [4.78, 5) is 4.87. The van der Waals surface area contributed by atoms with E-state index in [0.717, 1.165) is 12.3 Å². The van der Waals surface area contributed by atoms with Crippen LogP contribution in [0.4, 0.5) is 5.69 Å². The zero-order valence-corrected chi connectivity index (χ0v) is 17.4. The van der Waals surface area contributed by atoms with Gasteiger partial charge in [0.15, 0.2) is 0 Å². The third-order valence-electron chi connectivity index (χ3n) is 5.06. The van der Waals surface area contributed by atoms with E-state index in [9.17, 15) is 0 Å². The van der Waals surface area contributed by atoms with Gasteiger partial charge in [-0.1, -0.05) is 76.2 Å². The van der Waals surface area contributed by atoms with Crippen molar-refractivity contribution in [2.24, 2.45) is 4.99 Å². The molecule has 0 aliphatic rings. The predicted octanol–water partition coefficient (Wildman–Crippen LogP) is 6.79. The molecular weight excluding hydrogens is 316 g/mol. The lowest BCUT2D eigenvalue weighted by Crippen LogP contribution is -2.39. The Balaban J connectivity index is 2.30. The fourth-order valence-electron chi connectivity index (χ4n) is 3.09. The van der Waals surface area contributed by atoms with Crippen LogP contribution in [-0.2, 0) is 6.54 Å². The van der Waals surface area contributed by atoms with Crippen LogP contribution in [0.2, 0.25) is 0 Å². The Morgan fingerprint density at radius 1 is 0.885 bits per heavy atom. The van der Waals surface area contributed by atoms with Crippen molar-refractivity contribution in [3.05, 3.63) is 65.2 Å². The van der Waals surface area contributed by atoms with Crippen LogP contribution in [0.25, 0.3) is 0 Å². The van der Waals surface area contributed by atoms with Gasteiger partial charge in [0, 0.05) is 11.4 Å². The van der Waals surface area contributed by atoms with Crippen LogP contribution in [0, 0.1) is 0 Å². The molecule has 2 aromatic carbocycles. The molecule has 26 heavy (non-hydrogen) atoms. The minimum Gasteiger partial charge on any atom is -0.374 e. The quantitative estimate of drug-likeness (QED) is 0.546. The molecule has 0 aliphatic heterocycles. The van der Waals surface area contributed by atoms with Crippen molar-refractivity contribution in [2.45, 2.75) is 72.4 Å². The molecule has 0 bridgehead atoms. The fourth-order valence-corrected chi connectivity index (χ4v) is 3.09. The summed E-state index contributed by atoms with van der Waals surface area (Å²) in [6.45, 7) is 16.3. The van der Waals surface area contributed by atoms with Crippen molar-refractivity contribution in [3.8, 4) is 0 Å². The molecule has 0 atom stereocenters. The number of benzene rings is 2. The molecule has 0 amide bonds. The van der Waals surface area contributed by atoms with Gasteiger partial charge in [0.05, 0.1) is 12.1 Å². The van der Waals surface area contributed by atoms with Crippen molar-refractivity contribution in [1.82, 2.24) is 0 Å². The fraction of sp³-hybridized carbons (Fsp3) is 0.458. The maximum absolute atomic E-state index is 4.87. The number of nitrogens with zero attached hydrogens (tertiary/aromatic N) is 1. The maximum Gasteiger partial charge on any atom is 0.0693 e.